The third-order valence-corrected chi connectivity index (χ3v) is 6.65. The lowest BCUT2D eigenvalue weighted by molar-refractivity contribution is -0.138. The summed E-state index contributed by atoms with van der Waals surface area (Å²) >= 11 is 3.07. The lowest BCUT2D eigenvalue weighted by Crippen LogP contribution is -2.51. The maximum absolute atomic E-state index is 12.7. The number of likely N-dealkylation sites (tertiary alicyclic amines) is 1. The highest BCUT2D eigenvalue weighted by molar-refractivity contribution is 8.00. The second kappa shape index (κ2) is 7.29. The summed E-state index contributed by atoms with van der Waals surface area (Å²) in [6.07, 6.45) is 2.51. The number of primary amides is 1. The molecule has 2 amide bonds. The largest absolute Gasteiger partial charge is 0.368 e. The van der Waals surface area contributed by atoms with Gasteiger partial charge in [0, 0.05) is 16.8 Å². The van der Waals surface area contributed by atoms with E-state index in [4.69, 9.17) is 5.73 Å². The van der Waals surface area contributed by atoms with Crippen molar-refractivity contribution in [2.75, 3.05) is 12.3 Å². The van der Waals surface area contributed by atoms with E-state index < -0.39 is 11.9 Å². The summed E-state index contributed by atoms with van der Waals surface area (Å²) in [6, 6.07) is -0.473. The first-order valence-electron chi connectivity index (χ1n) is 8.34. The zero-order valence-corrected chi connectivity index (χ0v) is 16.3. The zero-order valence-electron chi connectivity index (χ0n) is 14.7. The molecule has 2 N–H and O–H groups in total. The van der Waals surface area contributed by atoms with Crippen molar-refractivity contribution in [1.82, 2.24) is 14.9 Å². The number of aryl methyl sites for hydroxylation is 3. The number of carbonyl (C=O) groups excluding carboxylic acids is 2. The fraction of sp³-hybridized carbons (Fsp3) is 0.529. The van der Waals surface area contributed by atoms with Gasteiger partial charge in [0.25, 0.3) is 0 Å². The monoisotopic (exact) mass is 378 g/mol. The van der Waals surface area contributed by atoms with Crippen LogP contribution in [-0.4, -0.2) is 45.0 Å². The molecule has 2 aromatic heterocycles. The Hall–Kier alpha value is -1.67. The van der Waals surface area contributed by atoms with Gasteiger partial charge in [-0.15, -0.1) is 11.3 Å². The summed E-state index contributed by atoms with van der Waals surface area (Å²) in [5.41, 5.74) is 6.63. The van der Waals surface area contributed by atoms with Gasteiger partial charge in [-0.2, -0.15) is 0 Å². The summed E-state index contributed by atoms with van der Waals surface area (Å²) < 4.78 is 0. The average Bonchev–Trinajstić information content (AvgIpc) is 2.86. The summed E-state index contributed by atoms with van der Waals surface area (Å²) in [5, 5.41) is 1.88. The standard InChI is InChI=1S/C17H22N4O2S2/c1-9-10(2)25-17-14(9)16(19-11(3)20-17)24-8-13(22)21-7-5-4-6-12(21)15(18)23/h12H,4-8H2,1-3H3,(H2,18,23)/t12-/m1/s1. The molecule has 25 heavy (non-hydrogen) atoms. The molecule has 0 saturated carbocycles. The number of thioether (sulfide) groups is 1. The maximum Gasteiger partial charge on any atom is 0.240 e. The second-order valence-corrected chi connectivity index (χ2v) is 8.50. The molecule has 8 heteroatoms. The SMILES string of the molecule is Cc1nc(SCC(=O)N2CCCC[C@@H]2C(N)=O)c2c(C)c(C)sc2n1. The highest BCUT2D eigenvalue weighted by Crippen LogP contribution is 2.35. The summed E-state index contributed by atoms with van der Waals surface area (Å²) in [6.45, 7) is 6.60. The van der Waals surface area contributed by atoms with Crippen LogP contribution in [0.3, 0.4) is 0 Å². The minimum atomic E-state index is -0.473. The third kappa shape index (κ3) is 3.64. The van der Waals surface area contributed by atoms with Gasteiger partial charge in [-0.1, -0.05) is 11.8 Å². The van der Waals surface area contributed by atoms with Crippen molar-refractivity contribution in [2.45, 2.75) is 51.1 Å². The third-order valence-electron chi connectivity index (χ3n) is 4.59. The molecule has 3 heterocycles. The van der Waals surface area contributed by atoms with Gasteiger partial charge in [0.05, 0.1) is 5.75 Å². The van der Waals surface area contributed by atoms with Gasteiger partial charge >= 0.3 is 0 Å². The molecule has 2 aromatic rings. The van der Waals surface area contributed by atoms with E-state index in [0.717, 1.165) is 28.1 Å². The zero-order chi connectivity index (χ0) is 18.1. The number of thiophene rings is 1. The molecule has 0 aromatic carbocycles. The summed E-state index contributed by atoms with van der Waals surface area (Å²) in [7, 11) is 0. The normalized spacial score (nSPS) is 17.9. The predicted octanol–water partition coefficient (Wildman–Crippen LogP) is 2.58. The van der Waals surface area contributed by atoms with Crippen molar-refractivity contribution in [3.63, 3.8) is 0 Å². The molecular formula is C17H22N4O2S2. The minimum Gasteiger partial charge on any atom is -0.368 e. The summed E-state index contributed by atoms with van der Waals surface area (Å²) in [5.74, 6) is 0.491. The molecule has 3 rings (SSSR count). The number of nitrogens with zero attached hydrogens (tertiary/aromatic N) is 3. The number of hydrogen-bond acceptors (Lipinski definition) is 6. The van der Waals surface area contributed by atoms with Gasteiger partial charge in [-0.25, -0.2) is 9.97 Å². The molecular weight excluding hydrogens is 356 g/mol. The Labute approximate surface area is 155 Å². The number of aromatic nitrogens is 2. The van der Waals surface area contributed by atoms with Crippen molar-refractivity contribution < 1.29 is 9.59 Å². The first kappa shape index (κ1) is 18.1. The number of amides is 2. The Morgan fingerprint density at radius 3 is 2.76 bits per heavy atom. The van der Waals surface area contributed by atoms with Crippen molar-refractivity contribution in [3.8, 4) is 0 Å². The van der Waals surface area contributed by atoms with Gasteiger partial charge in [0.15, 0.2) is 0 Å². The van der Waals surface area contributed by atoms with Gasteiger partial charge in [0.1, 0.15) is 21.7 Å². The smallest absolute Gasteiger partial charge is 0.240 e. The Balaban J connectivity index is 1.80. The number of carbonyl (C=O) groups is 2. The number of rotatable bonds is 4. The van der Waals surface area contributed by atoms with E-state index in [1.54, 1.807) is 16.2 Å². The predicted molar refractivity (Wildman–Crippen MR) is 101 cm³/mol. The van der Waals surface area contributed by atoms with E-state index in [1.807, 2.05) is 6.92 Å². The van der Waals surface area contributed by atoms with Crippen LogP contribution in [0.15, 0.2) is 5.03 Å². The van der Waals surface area contributed by atoms with Gasteiger partial charge in [0.2, 0.25) is 11.8 Å². The first-order chi connectivity index (χ1) is 11.9. The Bertz CT molecular complexity index is 834. The van der Waals surface area contributed by atoms with Crippen molar-refractivity contribution in [3.05, 3.63) is 16.3 Å². The van der Waals surface area contributed by atoms with E-state index in [2.05, 4.69) is 23.8 Å². The quantitative estimate of drug-likeness (QED) is 0.652. The molecule has 6 nitrogen and oxygen atoms in total. The van der Waals surface area contributed by atoms with Crippen LogP contribution in [-0.2, 0) is 9.59 Å². The van der Waals surface area contributed by atoms with Crippen LogP contribution in [0.1, 0.15) is 35.5 Å². The fourth-order valence-electron chi connectivity index (χ4n) is 3.16. The molecule has 134 valence electrons. The van der Waals surface area contributed by atoms with Crippen LogP contribution in [0.5, 0.6) is 0 Å². The molecule has 0 unspecified atom stereocenters. The van der Waals surface area contributed by atoms with E-state index in [0.29, 0.717) is 18.8 Å². The van der Waals surface area contributed by atoms with Crippen LogP contribution in [0, 0.1) is 20.8 Å². The lowest BCUT2D eigenvalue weighted by atomic mass is 10.0. The van der Waals surface area contributed by atoms with Crippen molar-refractivity contribution in [2.24, 2.45) is 5.73 Å². The Morgan fingerprint density at radius 2 is 2.04 bits per heavy atom. The number of piperidine rings is 1. The average molecular weight is 379 g/mol. The van der Waals surface area contributed by atoms with E-state index in [-0.39, 0.29) is 11.7 Å². The molecule has 1 atom stereocenters. The lowest BCUT2D eigenvalue weighted by Gasteiger charge is -2.33. The van der Waals surface area contributed by atoms with Gasteiger partial charge in [-0.3, -0.25) is 9.59 Å². The van der Waals surface area contributed by atoms with Crippen LogP contribution < -0.4 is 5.73 Å². The molecule has 0 radical (unpaired) electrons. The molecule has 0 aliphatic carbocycles. The van der Waals surface area contributed by atoms with Crippen molar-refractivity contribution >= 4 is 45.1 Å². The molecule has 1 saturated heterocycles. The van der Waals surface area contributed by atoms with Gasteiger partial charge < -0.3 is 10.6 Å². The molecule has 0 spiro atoms. The molecule has 1 aliphatic rings. The Kier molecular flexibility index (Phi) is 5.29. The molecule has 1 fully saturated rings. The van der Waals surface area contributed by atoms with E-state index in [9.17, 15) is 9.59 Å². The highest BCUT2D eigenvalue weighted by Gasteiger charge is 2.30. The number of hydrogen-bond donors (Lipinski definition) is 1. The summed E-state index contributed by atoms with van der Waals surface area (Å²) in [4.78, 5) is 37.1. The van der Waals surface area contributed by atoms with Crippen LogP contribution in [0.4, 0.5) is 0 Å². The number of fused-ring (bicyclic) bond motifs is 1. The minimum absolute atomic E-state index is 0.0532. The number of nitrogens with two attached hydrogens (primary N) is 1. The topological polar surface area (TPSA) is 89.2 Å². The molecule has 0 bridgehead atoms. The van der Waals surface area contributed by atoms with E-state index >= 15 is 0 Å². The molecule has 1 aliphatic heterocycles. The van der Waals surface area contributed by atoms with Gasteiger partial charge in [-0.05, 0) is 45.6 Å². The van der Waals surface area contributed by atoms with Crippen LogP contribution in [0.2, 0.25) is 0 Å². The highest BCUT2D eigenvalue weighted by atomic mass is 32.2. The van der Waals surface area contributed by atoms with E-state index in [1.165, 1.54) is 22.2 Å². The Morgan fingerprint density at radius 1 is 1.28 bits per heavy atom. The first-order valence-corrected chi connectivity index (χ1v) is 10.1. The second-order valence-electron chi connectivity index (χ2n) is 6.33. The van der Waals surface area contributed by atoms with Crippen LogP contribution >= 0.6 is 23.1 Å². The fourth-order valence-corrected chi connectivity index (χ4v) is 5.31. The van der Waals surface area contributed by atoms with Crippen molar-refractivity contribution in [1.29, 1.82) is 0 Å². The maximum atomic E-state index is 12.7. The van der Waals surface area contributed by atoms with Crippen LogP contribution in [0.25, 0.3) is 10.2 Å².